The Hall–Kier alpha value is -2.56. The van der Waals surface area contributed by atoms with Gasteiger partial charge in [0.25, 0.3) is 5.91 Å². The van der Waals surface area contributed by atoms with Gasteiger partial charge >= 0.3 is 0 Å². The lowest BCUT2D eigenvalue weighted by molar-refractivity contribution is 0.0991. The van der Waals surface area contributed by atoms with Crippen LogP contribution in [-0.2, 0) is 0 Å². The molecule has 0 atom stereocenters. The lowest BCUT2D eigenvalue weighted by Crippen LogP contribution is -2.14. The van der Waals surface area contributed by atoms with Crippen LogP contribution in [0.4, 0.5) is 5.69 Å². The van der Waals surface area contributed by atoms with Crippen LogP contribution in [0.5, 0.6) is 5.75 Å². The number of amides is 1. The van der Waals surface area contributed by atoms with E-state index in [1.807, 2.05) is 13.8 Å². The van der Waals surface area contributed by atoms with E-state index in [2.05, 4.69) is 5.32 Å². The van der Waals surface area contributed by atoms with Gasteiger partial charge in [-0.25, -0.2) is 0 Å². The summed E-state index contributed by atoms with van der Waals surface area (Å²) >= 11 is 0. The van der Waals surface area contributed by atoms with Crippen molar-refractivity contribution in [3.05, 3.63) is 47.9 Å². The number of nitrogens with one attached hydrogen (secondary N) is 1. The summed E-state index contributed by atoms with van der Waals surface area (Å²) < 4.78 is 10.8. The molecule has 0 unspecified atom stereocenters. The number of carbonyl (C=O) groups excluding carboxylic acids is 2. The smallest absolute Gasteiger partial charge is 0.291 e. The van der Waals surface area contributed by atoms with Crippen molar-refractivity contribution < 1.29 is 18.7 Å². The summed E-state index contributed by atoms with van der Waals surface area (Å²) in [6, 6.07) is 8.19. The summed E-state index contributed by atoms with van der Waals surface area (Å²) in [4.78, 5) is 23.6. The zero-order valence-corrected chi connectivity index (χ0v) is 12.9. The Bertz CT molecular complexity index is 659. The van der Waals surface area contributed by atoms with E-state index >= 15 is 0 Å². The molecular weight excluding hydrogens is 282 g/mol. The molecule has 5 heteroatoms. The van der Waals surface area contributed by atoms with Gasteiger partial charge in [0.05, 0.1) is 18.6 Å². The summed E-state index contributed by atoms with van der Waals surface area (Å²) in [6.07, 6.45) is 1.43. The molecule has 0 radical (unpaired) electrons. The number of benzene rings is 1. The van der Waals surface area contributed by atoms with Crippen LogP contribution in [0, 0.1) is 5.92 Å². The number of ether oxygens (including phenoxy) is 1. The number of anilines is 1. The number of rotatable bonds is 6. The van der Waals surface area contributed by atoms with E-state index in [1.165, 1.54) is 13.2 Å². The first kappa shape index (κ1) is 15.8. The molecule has 2 rings (SSSR count). The van der Waals surface area contributed by atoms with Crippen molar-refractivity contribution in [3.8, 4) is 5.75 Å². The van der Waals surface area contributed by atoms with Gasteiger partial charge in [-0.2, -0.15) is 0 Å². The predicted octanol–water partition coefficient (Wildman–Crippen LogP) is 3.77. The topological polar surface area (TPSA) is 68.5 Å². The lowest BCUT2D eigenvalue weighted by Gasteiger charge is -2.14. The summed E-state index contributed by atoms with van der Waals surface area (Å²) in [5.41, 5.74) is 0.960. The highest BCUT2D eigenvalue weighted by atomic mass is 16.5. The van der Waals surface area contributed by atoms with Crippen LogP contribution in [0.3, 0.4) is 0 Å². The van der Waals surface area contributed by atoms with Gasteiger partial charge in [0.15, 0.2) is 11.5 Å². The van der Waals surface area contributed by atoms with Gasteiger partial charge in [0.1, 0.15) is 5.75 Å². The largest absolute Gasteiger partial charge is 0.491 e. The molecule has 0 saturated carbocycles. The second kappa shape index (κ2) is 6.93. The zero-order valence-electron chi connectivity index (χ0n) is 12.9. The molecule has 1 heterocycles. The van der Waals surface area contributed by atoms with Gasteiger partial charge in [0, 0.05) is 5.56 Å². The number of hydrogen-bond donors (Lipinski definition) is 1. The van der Waals surface area contributed by atoms with E-state index in [0.29, 0.717) is 29.5 Å². The van der Waals surface area contributed by atoms with Crippen molar-refractivity contribution in [2.24, 2.45) is 5.92 Å². The summed E-state index contributed by atoms with van der Waals surface area (Å²) in [5, 5.41) is 2.72. The van der Waals surface area contributed by atoms with Crippen molar-refractivity contribution in [3.63, 3.8) is 0 Å². The molecular formula is C17H19NO4. The molecule has 0 bridgehead atoms. The second-order valence-electron chi connectivity index (χ2n) is 5.40. The molecule has 0 aliphatic heterocycles. The minimum Gasteiger partial charge on any atom is -0.491 e. The number of furan rings is 1. The maximum atomic E-state index is 12.1. The van der Waals surface area contributed by atoms with E-state index < -0.39 is 0 Å². The van der Waals surface area contributed by atoms with Crippen LogP contribution in [0.1, 0.15) is 41.7 Å². The van der Waals surface area contributed by atoms with Gasteiger partial charge < -0.3 is 14.5 Å². The maximum absolute atomic E-state index is 12.1. The van der Waals surface area contributed by atoms with Crippen LogP contribution in [0.2, 0.25) is 0 Å². The standard InChI is InChI=1S/C17H19NO4/c1-11(2)10-22-15-7-6-13(12(3)19)9-14(15)18-17(20)16-5-4-8-21-16/h4-9,11H,10H2,1-3H3,(H,18,20). The van der Waals surface area contributed by atoms with Crippen LogP contribution in [-0.4, -0.2) is 18.3 Å². The normalized spacial score (nSPS) is 10.5. The van der Waals surface area contributed by atoms with E-state index in [-0.39, 0.29) is 17.5 Å². The monoisotopic (exact) mass is 301 g/mol. The quantitative estimate of drug-likeness (QED) is 0.825. The van der Waals surface area contributed by atoms with E-state index in [9.17, 15) is 9.59 Å². The minimum atomic E-state index is -0.389. The molecule has 0 aliphatic rings. The second-order valence-corrected chi connectivity index (χ2v) is 5.40. The Kier molecular flexibility index (Phi) is 4.99. The van der Waals surface area contributed by atoms with Crippen LogP contribution in [0.25, 0.3) is 0 Å². The molecule has 0 fully saturated rings. The molecule has 0 aliphatic carbocycles. The van der Waals surface area contributed by atoms with Gasteiger partial charge in [0.2, 0.25) is 0 Å². The molecule has 22 heavy (non-hydrogen) atoms. The highest BCUT2D eigenvalue weighted by Crippen LogP contribution is 2.27. The first-order valence-corrected chi connectivity index (χ1v) is 7.10. The van der Waals surface area contributed by atoms with Crippen molar-refractivity contribution in [1.29, 1.82) is 0 Å². The minimum absolute atomic E-state index is 0.0797. The fourth-order valence-electron chi connectivity index (χ4n) is 1.82. The van der Waals surface area contributed by atoms with Crippen molar-refractivity contribution in [2.45, 2.75) is 20.8 Å². The third kappa shape index (κ3) is 3.97. The highest BCUT2D eigenvalue weighted by Gasteiger charge is 2.14. The third-order valence-electron chi connectivity index (χ3n) is 2.95. The van der Waals surface area contributed by atoms with Gasteiger partial charge in [-0.15, -0.1) is 0 Å². The first-order valence-electron chi connectivity index (χ1n) is 7.10. The molecule has 1 N–H and O–H groups in total. The van der Waals surface area contributed by atoms with E-state index in [4.69, 9.17) is 9.15 Å². The summed E-state index contributed by atoms with van der Waals surface area (Å²) in [5.74, 6) is 0.603. The van der Waals surface area contributed by atoms with Crippen molar-refractivity contribution >= 4 is 17.4 Å². The fraction of sp³-hybridized carbons (Fsp3) is 0.294. The Morgan fingerprint density at radius 2 is 2.05 bits per heavy atom. The summed E-state index contributed by atoms with van der Waals surface area (Å²) in [6.45, 7) is 6.06. The molecule has 1 aromatic carbocycles. The number of Topliss-reactive ketones (excluding diaryl/α,β-unsaturated/α-hetero) is 1. The third-order valence-corrected chi connectivity index (χ3v) is 2.95. The fourth-order valence-corrected chi connectivity index (χ4v) is 1.82. The van der Waals surface area contributed by atoms with Crippen molar-refractivity contribution in [1.82, 2.24) is 0 Å². The number of ketones is 1. The van der Waals surface area contributed by atoms with Crippen LogP contribution >= 0.6 is 0 Å². The maximum Gasteiger partial charge on any atom is 0.291 e. The van der Waals surface area contributed by atoms with Crippen LogP contribution in [0.15, 0.2) is 41.0 Å². The molecule has 1 amide bonds. The van der Waals surface area contributed by atoms with Gasteiger partial charge in [-0.05, 0) is 43.2 Å². The first-order chi connectivity index (χ1) is 10.5. The Morgan fingerprint density at radius 3 is 2.64 bits per heavy atom. The molecule has 0 saturated heterocycles. The van der Waals surface area contributed by atoms with E-state index in [1.54, 1.807) is 30.3 Å². The van der Waals surface area contributed by atoms with Gasteiger partial charge in [-0.3, -0.25) is 9.59 Å². The van der Waals surface area contributed by atoms with Crippen LogP contribution < -0.4 is 10.1 Å². The Balaban J connectivity index is 2.26. The molecule has 5 nitrogen and oxygen atoms in total. The molecule has 0 spiro atoms. The lowest BCUT2D eigenvalue weighted by atomic mass is 10.1. The number of hydrogen-bond acceptors (Lipinski definition) is 4. The van der Waals surface area contributed by atoms with Crippen molar-refractivity contribution in [2.75, 3.05) is 11.9 Å². The highest BCUT2D eigenvalue weighted by molar-refractivity contribution is 6.04. The predicted molar refractivity (Wildman–Crippen MR) is 83.4 cm³/mol. The van der Waals surface area contributed by atoms with E-state index in [0.717, 1.165) is 0 Å². The Morgan fingerprint density at radius 1 is 1.27 bits per heavy atom. The average Bonchev–Trinajstić information content (AvgIpc) is 2.99. The Labute approximate surface area is 129 Å². The summed E-state index contributed by atoms with van der Waals surface area (Å²) in [7, 11) is 0. The molecule has 2 aromatic rings. The van der Waals surface area contributed by atoms with Gasteiger partial charge in [-0.1, -0.05) is 13.8 Å². The average molecular weight is 301 g/mol. The zero-order chi connectivity index (χ0) is 16.1. The molecule has 1 aromatic heterocycles. The number of carbonyl (C=O) groups is 2. The SMILES string of the molecule is CC(=O)c1ccc(OCC(C)C)c(NC(=O)c2ccco2)c1. The molecule has 116 valence electrons.